The van der Waals surface area contributed by atoms with Gasteiger partial charge in [-0.15, -0.1) is 0 Å². The van der Waals surface area contributed by atoms with Gasteiger partial charge >= 0.3 is 0 Å². The fourth-order valence-corrected chi connectivity index (χ4v) is 2.80. The summed E-state index contributed by atoms with van der Waals surface area (Å²) >= 11 is 0. The molecule has 1 N–H and O–H groups in total. The van der Waals surface area contributed by atoms with Crippen molar-refractivity contribution >= 4 is 0 Å². The first-order chi connectivity index (χ1) is 9.06. The van der Waals surface area contributed by atoms with Crippen LogP contribution < -0.4 is 5.32 Å². The zero-order valence-electron chi connectivity index (χ0n) is 13.5. The van der Waals surface area contributed by atoms with Gasteiger partial charge in [-0.3, -0.25) is 4.90 Å². The van der Waals surface area contributed by atoms with E-state index in [0.717, 1.165) is 36.3 Å². The fraction of sp³-hybridized carbons (Fsp3) is 1.00. The van der Waals surface area contributed by atoms with Gasteiger partial charge in [-0.25, -0.2) is 0 Å². The van der Waals surface area contributed by atoms with Gasteiger partial charge in [0.05, 0.1) is 0 Å². The van der Waals surface area contributed by atoms with Gasteiger partial charge in [0.1, 0.15) is 0 Å². The summed E-state index contributed by atoms with van der Waals surface area (Å²) in [6.07, 6.45) is 5.92. The lowest BCUT2D eigenvalue weighted by atomic mass is 10.0. The summed E-state index contributed by atoms with van der Waals surface area (Å²) in [6.45, 7) is 14.5. The molecule has 0 aliphatic heterocycles. The van der Waals surface area contributed by atoms with Crippen molar-refractivity contribution in [1.29, 1.82) is 0 Å². The molecule has 2 heteroatoms. The highest BCUT2D eigenvalue weighted by Crippen LogP contribution is 2.35. The summed E-state index contributed by atoms with van der Waals surface area (Å²) in [5.74, 6) is 3.57. The minimum Gasteiger partial charge on any atom is -0.316 e. The van der Waals surface area contributed by atoms with Crippen LogP contribution in [-0.4, -0.2) is 37.1 Å². The van der Waals surface area contributed by atoms with Crippen LogP contribution in [0, 0.1) is 23.7 Å². The Kier molecular flexibility index (Phi) is 5.70. The van der Waals surface area contributed by atoms with Crippen LogP contribution in [-0.2, 0) is 0 Å². The molecule has 0 heterocycles. The Morgan fingerprint density at radius 2 is 1.42 bits per heavy atom. The molecule has 2 aliphatic carbocycles. The van der Waals surface area contributed by atoms with Crippen molar-refractivity contribution in [3.63, 3.8) is 0 Å². The number of rotatable bonds is 10. The highest BCUT2D eigenvalue weighted by atomic mass is 15.2. The Balaban J connectivity index is 1.73. The molecule has 0 spiro atoms. The average molecular weight is 266 g/mol. The molecule has 0 aromatic heterocycles. The summed E-state index contributed by atoms with van der Waals surface area (Å²) < 4.78 is 0. The van der Waals surface area contributed by atoms with Crippen molar-refractivity contribution in [2.75, 3.05) is 26.2 Å². The zero-order valence-corrected chi connectivity index (χ0v) is 13.5. The first kappa shape index (κ1) is 15.3. The molecule has 2 unspecified atom stereocenters. The molecule has 0 bridgehead atoms. The van der Waals surface area contributed by atoms with Crippen molar-refractivity contribution in [1.82, 2.24) is 10.2 Å². The molecule has 2 saturated carbocycles. The lowest BCUT2D eigenvalue weighted by Crippen LogP contribution is -2.43. The maximum atomic E-state index is 3.63. The van der Waals surface area contributed by atoms with E-state index in [0.29, 0.717) is 0 Å². The molecule has 19 heavy (non-hydrogen) atoms. The Morgan fingerprint density at radius 1 is 0.895 bits per heavy atom. The van der Waals surface area contributed by atoms with Crippen LogP contribution in [0.5, 0.6) is 0 Å². The van der Waals surface area contributed by atoms with Gasteiger partial charge < -0.3 is 5.32 Å². The molecule has 2 nitrogen and oxygen atoms in total. The van der Waals surface area contributed by atoms with Gasteiger partial charge in [-0.2, -0.15) is 0 Å². The number of hydrogen-bond donors (Lipinski definition) is 1. The van der Waals surface area contributed by atoms with Crippen LogP contribution >= 0.6 is 0 Å². The Morgan fingerprint density at radius 3 is 1.84 bits per heavy atom. The molecule has 2 rings (SSSR count). The molecule has 2 fully saturated rings. The molecule has 0 aromatic rings. The summed E-state index contributed by atoms with van der Waals surface area (Å²) in [4.78, 5) is 2.80. The quantitative estimate of drug-likeness (QED) is 0.652. The van der Waals surface area contributed by atoms with Gasteiger partial charge in [0.2, 0.25) is 0 Å². The summed E-state index contributed by atoms with van der Waals surface area (Å²) in [5.41, 5.74) is 0. The molecule has 112 valence electrons. The van der Waals surface area contributed by atoms with E-state index in [-0.39, 0.29) is 0 Å². The van der Waals surface area contributed by atoms with E-state index in [1.807, 2.05) is 0 Å². The molecular formula is C17H34N2. The third-order valence-electron chi connectivity index (χ3n) is 4.80. The summed E-state index contributed by atoms with van der Waals surface area (Å²) in [7, 11) is 0. The second-order valence-electron chi connectivity index (χ2n) is 7.61. The third kappa shape index (κ3) is 5.83. The van der Waals surface area contributed by atoms with Crippen LogP contribution in [0.25, 0.3) is 0 Å². The second kappa shape index (κ2) is 7.08. The highest BCUT2D eigenvalue weighted by Gasteiger charge is 2.32. The lowest BCUT2D eigenvalue weighted by Gasteiger charge is -2.34. The van der Waals surface area contributed by atoms with E-state index in [9.17, 15) is 0 Å². The number of nitrogens with zero attached hydrogens (tertiary/aromatic N) is 1. The largest absolute Gasteiger partial charge is 0.316 e. The van der Waals surface area contributed by atoms with E-state index >= 15 is 0 Å². The first-order valence-electron chi connectivity index (χ1n) is 8.51. The highest BCUT2D eigenvalue weighted by molar-refractivity contribution is 4.86. The van der Waals surface area contributed by atoms with Crippen LogP contribution in [0.1, 0.15) is 53.4 Å². The average Bonchev–Trinajstić information content (AvgIpc) is 3.21. The van der Waals surface area contributed by atoms with Crippen molar-refractivity contribution in [3.8, 4) is 0 Å². The summed E-state index contributed by atoms with van der Waals surface area (Å²) in [5, 5.41) is 3.63. The Bertz CT molecular complexity index is 242. The Hall–Kier alpha value is -0.0800. The van der Waals surface area contributed by atoms with E-state index in [1.54, 1.807) is 0 Å². The molecule has 0 aromatic carbocycles. The standard InChI is InChI=1S/C17H34N2/c1-13(2)9-18-10-14(3)15(4)19(11-16-5-6-16)12-17-7-8-17/h13-18H,5-12H2,1-4H3. The van der Waals surface area contributed by atoms with Gasteiger partial charge in [-0.05, 0) is 69.4 Å². The monoisotopic (exact) mass is 266 g/mol. The molecule has 0 saturated heterocycles. The predicted octanol–water partition coefficient (Wildman–Crippen LogP) is 3.38. The maximum Gasteiger partial charge on any atom is 0.0105 e. The smallest absolute Gasteiger partial charge is 0.0105 e. The normalized spacial score (nSPS) is 23.1. The number of nitrogens with one attached hydrogen (secondary N) is 1. The van der Waals surface area contributed by atoms with Crippen molar-refractivity contribution in [2.45, 2.75) is 59.4 Å². The molecule has 2 aliphatic rings. The van der Waals surface area contributed by atoms with E-state index in [2.05, 4.69) is 37.9 Å². The van der Waals surface area contributed by atoms with Crippen LogP contribution in [0.15, 0.2) is 0 Å². The van der Waals surface area contributed by atoms with Crippen molar-refractivity contribution in [2.24, 2.45) is 23.7 Å². The molecular weight excluding hydrogens is 232 g/mol. The third-order valence-corrected chi connectivity index (χ3v) is 4.80. The zero-order chi connectivity index (χ0) is 13.8. The molecule has 2 atom stereocenters. The van der Waals surface area contributed by atoms with Gasteiger partial charge in [0, 0.05) is 19.1 Å². The minimum absolute atomic E-state index is 0.737. The molecule has 0 radical (unpaired) electrons. The van der Waals surface area contributed by atoms with Crippen LogP contribution in [0.4, 0.5) is 0 Å². The second-order valence-corrected chi connectivity index (χ2v) is 7.61. The number of hydrogen-bond acceptors (Lipinski definition) is 2. The van der Waals surface area contributed by atoms with Crippen LogP contribution in [0.2, 0.25) is 0 Å². The van der Waals surface area contributed by atoms with E-state index < -0.39 is 0 Å². The Labute approximate surface area is 120 Å². The van der Waals surface area contributed by atoms with Crippen molar-refractivity contribution < 1.29 is 0 Å². The maximum absolute atomic E-state index is 3.63. The topological polar surface area (TPSA) is 15.3 Å². The molecule has 0 amide bonds. The van der Waals surface area contributed by atoms with Gasteiger partial charge in [-0.1, -0.05) is 20.8 Å². The SMILES string of the molecule is CC(C)CNCC(C)C(C)N(CC1CC1)CC1CC1. The van der Waals surface area contributed by atoms with Crippen LogP contribution in [0.3, 0.4) is 0 Å². The first-order valence-corrected chi connectivity index (χ1v) is 8.51. The van der Waals surface area contributed by atoms with Crippen molar-refractivity contribution in [3.05, 3.63) is 0 Å². The van der Waals surface area contributed by atoms with Gasteiger partial charge in [0.25, 0.3) is 0 Å². The lowest BCUT2D eigenvalue weighted by molar-refractivity contribution is 0.146. The fourth-order valence-electron chi connectivity index (χ4n) is 2.80. The minimum atomic E-state index is 0.737. The van der Waals surface area contributed by atoms with E-state index in [1.165, 1.54) is 45.3 Å². The summed E-state index contributed by atoms with van der Waals surface area (Å²) in [6, 6.07) is 0.737. The predicted molar refractivity (Wildman–Crippen MR) is 83.4 cm³/mol. The van der Waals surface area contributed by atoms with Gasteiger partial charge in [0.15, 0.2) is 0 Å². The van der Waals surface area contributed by atoms with E-state index in [4.69, 9.17) is 0 Å².